The third kappa shape index (κ3) is 6.28. The van der Waals surface area contributed by atoms with Crippen molar-refractivity contribution in [2.24, 2.45) is 0 Å². The molecule has 1 heterocycles. The number of carbonyl (C=O) groups is 4. The molecule has 0 spiro atoms. The van der Waals surface area contributed by atoms with Crippen molar-refractivity contribution in [1.29, 1.82) is 0 Å². The van der Waals surface area contributed by atoms with Gasteiger partial charge in [0.1, 0.15) is 12.2 Å². The summed E-state index contributed by atoms with van der Waals surface area (Å²) in [5.41, 5.74) is 2.87. The van der Waals surface area contributed by atoms with Crippen LogP contribution in [0.1, 0.15) is 34.0 Å². The van der Waals surface area contributed by atoms with E-state index in [9.17, 15) is 19.2 Å². The number of nitrogens with zero attached hydrogens (tertiary/aromatic N) is 1. The van der Waals surface area contributed by atoms with Gasteiger partial charge >= 0.3 is 12.0 Å². The highest BCUT2D eigenvalue weighted by molar-refractivity contribution is 14.1. The maximum Gasteiger partial charge on any atom is 0.337 e. The van der Waals surface area contributed by atoms with Gasteiger partial charge in [-0.05, 0) is 90.0 Å². The molecule has 4 amide bonds. The van der Waals surface area contributed by atoms with Crippen molar-refractivity contribution < 1.29 is 33.4 Å². The number of barbiturate groups is 1. The maximum absolute atomic E-state index is 13.3. The van der Waals surface area contributed by atoms with E-state index in [4.69, 9.17) is 9.47 Å². The van der Waals surface area contributed by atoms with Crippen LogP contribution in [0.25, 0.3) is 6.08 Å². The van der Waals surface area contributed by atoms with Crippen LogP contribution in [0.4, 0.5) is 10.5 Å². The van der Waals surface area contributed by atoms with Gasteiger partial charge in [-0.2, -0.15) is 0 Å². The van der Waals surface area contributed by atoms with E-state index in [1.54, 1.807) is 12.1 Å². The van der Waals surface area contributed by atoms with Gasteiger partial charge < -0.3 is 14.2 Å². The molecular formula is C29H25IN2O7. The second-order valence-corrected chi connectivity index (χ2v) is 9.70. The van der Waals surface area contributed by atoms with Crippen LogP contribution in [0.2, 0.25) is 0 Å². The number of hydrogen-bond acceptors (Lipinski definition) is 7. The fourth-order valence-electron chi connectivity index (χ4n) is 3.84. The summed E-state index contributed by atoms with van der Waals surface area (Å²) >= 11 is 2.11. The van der Waals surface area contributed by atoms with Crippen LogP contribution in [-0.2, 0) is 20.9 Å². The minimum Gasteiger partial charge on any atom is -0.490 e. The Kier molecular flexibility index (Phi) is 8.65. The third-order valence-electron chi connectivity index (χ3n) is 5.79. The summed E-state index contributed by atoms with van der Waals surface area (Å²) < 4.78 is 17.3. The summed E-state index contributed by atoms with van der Waals surface area (Å²) in [6, 6.07) is 16.2. The number of urea groups is 1. The summed E-state index contributed by atoms with van der Waals surface area (Å²) in [6.45, 7) is 4.57. The number of imide groups is 2. The number of methoxy groups -OCH3 is 1. The third-order valence-corrected chi connectivity index (χ3v) is 6.60. The lowest BCUT2D eigenvalue weighted by Gasteiger charge is -2.26. The molecule has 0 saturated carbocycles. The topological polar surface area (TPSA) is 111 Å². The minimum atomic E-state index is -0.891. The first-order chi connectivity index (χ1) is 18.7. The van der Waals surface area contributed by atoms with Gasteiger partial charge in [0.2, 0.25) is 0 Å². The van der Waals surface area contributed by atoms with Crippen molar-refractivity contribution in [3.8, 4) is 11.5 Å². The van der Waals surface area contributed by atoms with Crippen LogP contribution >= 0.6 is 22.6 Å². The Morgan fingerprint density at radius 1 is 1.00 bits per heavy atom. The molecule has 3 aromatic rings. The fourth-order valence-corrected chi connectivity index (χ4v) is 4.62. The predicted molar refractivity (Wildman–Crippen MR) is 153 cm³/mol. The van der Waals surface area contributed by atoms with Gasteiger partial charge in [-0.1, -0.05) is 29.8 Å². The van der Waals surface area contributed by atoms with Crippen molar-refractivity contribution >= 4 is 58.2 Å². The quantitative estimate of drug-likeness (QED) is 0.159. The van der Waals surface area contributed by atoms with Gasteiger partial charge in [0, 0.05) is 0 Å². The molecule has 0 atom stereocenters. The number of esters is 1. The lowest BCUT2D eigenvalue weighted by molar-refractivity contribution is -0.122. The van der Waals surface area contributed by atoms with Gasteiger partial charge in [0.05, 0.1) is 28.5 Å². The van der Waals surface area contributed by atoms with E-state index in [2.05, 4.69) is 32.6 Å². The highest BCUT2D eigenvalue weighted by atomic mass is 127. The van der Waals surface area contributed by atoms with Crippen LogP contribution in [0.5, 0.6) is 11.5 Å². The molecule has 1 aliphatic heterocycles. The molecule has 39 heavy (non-hydrogen) atoms. The average molecular weight is 640 g/mol. The molecular weight excluding hydrogens is 615 g/mol. The zero-order chi connectivity index (χ0) is 28.1. The Hall–Kier alpha value is -4.19. The number of ether oxygens (including phenoxy) is 3. The molecule has 200 valence electrons. The molecule has 1 saturated heterocycles. The Morgan fingerprint density at radius 2 is 1.69 bits per heavy atom. The van der Waals surface area contributed by atoms with Crippen molar-refractivity contribution in [3.63, 3.8) is 0 Å². The molecule has 0 radical (unpaired) electrons. The van der Waals surface area contributed by atoms with Crippen LogP contribution in [-0.4, -0.2) is 37.5 Å². The van der Waals surface area contributed by atoms with E-state index in [0.29, 0.717) is 33.8 Å². The Balaban J connectivity index is 1.63. The number of aryl methyl sites for hydroxylation is 1. The highest BCUT2D eigenvalue weighted by Crippen LogP contribution is 2.36. The summed E-state index contributed by atoms with van der Waals surface area (Å²) in [5, 5.41) is 2.19. The van der Waals surface area contributed by atoms with E-state index in [0.717, 1.165) is 16.0 Å². The smallest absolute Gasteiger partial charge is 0.337 e. The van der Waals surface area contributed by atoms with E-state index >= 15 is 0 Å². The van der Waals surface area contributed by atoms with Crippen LogP contribution < -0.4 is 19.7 Å². The standard InChI is InChI=1S/C29H25IN2O7/c1-4-38-24-15-19(14-23(30)25(24)39-16-18-7-5-17(2)6-8-18)13-22-26(33)31-29(36)32(27(22)34)21-11-9-20(10-12-21)28(35)37-3/h5-15H,4,16H2,1-3H3,(H,31,33,36)/b22-13+. The Morgan fingerprint density at radius 3 is 2.33 bits per heavy atom. The lowest BCUT2D eigenvalue weighted by Crippen LogP contribution is -2.54. The molecule has 1 aliphatic rings. The summed E-state index contributed by atoms with van der Waals surface area (Å²) in [6.07, 6.45) is 1.40. The molecule has 9 nitrogen and oxygen atoms in total. The number of rotatable bonds is 8. The number of carbonyl (C=O) groups excluding carboxylic acids is 4. The first kappa shape index (κ1) is 27.8. The first-order valence-electron chi connectivity index (χ1n) is 12.0. The number of amides is 4. The summed E-state index contributed by atoms with van der Waals surface area (Å²) in [7, 11) is 1.25. The predicted octanol–water partition coefficient (Wildman–Crippen LogP) is 5.03. The number of anilines is 1. The van der Waals surface area contributed by atoms with E-state index in [1.807, 2.05) is 38.1 Å². The molecule has 1 N–H and O–H groups in total. The van der Waals surface area contributed by atoms with Crippen molar-refractivity contribution in [2.75, 3.05) is 18.6 Å². The molecule has 4 rings (SSSR count). The van der Waals surface area contributed by atoms with Crippen molar-refractivity contribution in [1.82, 2.24) is 5.32 Å². The first-order valence-corrected chi connectivity index (χ1v) is 13.0. The second-order valence-electron chi connectivity index (χ2n) is 8.53. The maximum atomic E-state index is 13.3. The van der Waals surface area contributed by atoms with Crippen LogP contribution in [0.3, 0.4) is 0 Å². The fraction of sp³-hybridized carbons (Fsp3) is 0.172. The van der Waals surface area contributed by atoms with Gasteiger partial charge in [0.15, 0.2) is 11.5 Å². The number of benzene rings is 3. The van der Waals surface area contributed by atoms with E-state index in [-0.39, 0.29) is 16.8 Å². The Bertz CT molecular complexity index is 1460. The van der Waals surface area contributed by atoms with E-state index in [1.165, 1.54) is 37.5 Å². The zero-order valence-corrected chi connectivity index (χ0v) is 23.6. The molecule has 3 aromatic carbocycles. The largest absolute Gasteiger partial charge is 0.490 e. The SMILES string of the molecule is CCOc1cc(/C=C2\C(=O)NC(=O)N(c3ccc(C(=O)OC)cc3)C2=O)cc(I)c1OCc1ccc(C)cc1. The lowest BCUT2D eigenvalue weighted by atomic mass is 10.1. The van der Waals surface area contributed by atoms with Crippen molar-refractivity contribution in [2.45, 2.75) is 20.5 Å². The number of nitrogens with one attached hydrogen (secondary N) is 1. The average Bonchev–Trinajstić information content (AvgIpc) is 2.91. The molecule has 0 bridgehead atoms. The van der Waals surface area contributed by atoms with Gasteiger partial charge in [-0.3, -0.25) is 14.9 Å². The molecule has 0 aliphatic carbocycles. The van der Waals surface area contributed by atoms with Crippen LogP contribution in [0, 0.1) is 10.5 Å². The minimum absolute atomic E-state index is 0.188. The second kappa shape index (κ2) is 12.1. The summed E-state index contributed by atoms with van der Waals surface area (Å²) in [5.74, 6) is -1.18. The monoisotopic (exact) mass is 640 g/mol. The van der Waals surface area contributed by atoms with Crippen LogP contribution in [0.15, 0.2) is 66.2 Å². The number of halogens is 1. The highest BCUT2D eigenvalue weighted by Gasteiger charge is 2.37. The molecule has 10 heteroatoms. The number of hydrogen-bond donors (Lipinski definition) is 1. The molecule has 0 unspecified atom stereocenters. The van der Waals surface area contributed by atoms with Crippen molar-refractivity contribution in [3.05, 3.63) is 92.1 Å². The van der Waals surface area contributed by atoms with Gasteiger partial charge in [-0.15, -0.1) is 0 Å². The normalized spacial score (nSPS) is 14.3. The van der Waals surface area contributed by atoms with E-state index < -0.39 is 23.8 Å². The zero-order valence-electron chi connectivity index (χ0n) is 21.4. The molecule has 1 fully saturated rings. The van der Waals surface area contributed by atoms with Gasteiger partial charge in [0.25, 0.3) is 11.8 Å². The Labute approximate surface area is 238 Å². The van der Waals surface area contributed by atoms with Gasteiger partial charge in [-0.25, -0.2) is 14.5 Å². The summed E-state index contributed by atoms with van der Waals surface area (Å²) in [4.78, 5) is 51.1. The molecule has 0 aromatic heterocycles.